The Morgan fingerprint density at radius 3 is 2.81 bits per heavy atom. The van der Waals surface area contributed by atoms with Gasteiger partial charge >= 0.3 is 0 Å². The minimum atomic E-state index is -0.894. The largest absolute Gasteiger partial charge is 0.380 e. The maximum absolute atomic E-state index is 13.5. The number of hydrogen-bond acceptors (Lipinski definition) is 6. The van der Waals surface area contributed by atoms with Gasteiger partial charge in [0.05, 0.1) is 12.6 Å². The molecule has 4 heterocycles. The molecule has 1 aromatic heterocycles. The highest BCUT2D eigenvalue weighted by Crippen LogP contribution is 2.38. The zero-order valence-corrected chi connectivity index (χ0v) is 22.2. The molecule has 0 spiro atoms. The average molecular weight is 509 g/mol. The minimum Gasteiger partial charge on any atom is -0.380 e. The minimum absolute atomic E-state index is 0.105. The van der Waals surface area contributed by atoms with Crippen molar-refractivity contribution in [3.8, 4) is 0 Å². The molecule has 200 valence electrons. The summed E-state index contributed by atoms with van der Waals surface area (Å²) in [5.41, 5.74) is 4.45. The number of benzene rings is 1. The van der Waals surface area contributed by atoms with Gasteiger partial charge in [0, 0.05) is 49.1 Å². The number of carbonyl (C=O) groups is 3. The summed E-state index contributed by atoms with van der Waals surface area (Å²) < 4.78 is 5.65. The van der Waals surface area contributed by atoms with Crippen molar-refractivity contribution < 1.29 is 19.1 Å². The molecule has 0 radical (unpaired) electrons. The molecule has 2 amide bonds. The van der Waals surface area contributed by atoms with E-state index in [2.05, 4.69) is 33.4 Å². The zero-order chi connectivity index (χ0) is 25.9. The number of aryl methyl sites for hydroxylation is 1. The van der Waals surface area contributed by atoms with Crippen LogP contribution in [0.1, 0.15) is 61.9 Å². The molecule has 3 aliphatic heterocycles. The van der Waals surface area contributed by atoms with Gasteiger partial charge in [0.1, 0.15) is 5.92 Å². The van der Waals surface area contributed by atoms with Crippen molar-refractivity contribution in [3.63, 3.8) is 0 Å². The average Bonchev–Trinajstić information content (AvgIpc) is 3.23. The van der Waals surface area contributed by atoms with Gasteiger partial charge in [0.2, 0.25) is 11.8 Å². The van der Waals surface area contributed by atoms with E-state index in [1.54, 1.807) is 0 Å². The van der Waals surface area contributed by atoms with E-state index in [0.717, 1.165) is 74.6 Å². The van der Waals surface area contributed by atoms with E-state index in [1.807, 2.05) is 6.92 Å². The number of H-pyrrole nitrogens is 1. The molecule has 2 saturated heterocycles. The molecule has 0 bridgehead atoms. The quantitative estimate of drug-likeness (QED) is 0.460. The summed E-state index contributed by atoms with van der Waals surface area (Å²) in [5.74, 6) is -2.10. The van der Waals surface area contributed by atoms with Crippen molar-refractivity contribution in [1.29, 1.82) is 0 Å². The number of fused-ring (bicyclic) bond motifs is 3. The summed E-state index contributed by atoms with van der Waals surface area (Å²) in [6.45, 7) is 7.56. The number of carbonyl (C=O) groups excluding carboxylic acids is 3. The Bertz CT molecular complexity index is 1150. The number of Topliss-reactive ketones (excluding diaryl/α,β-unsaturated/α-hetero) is 1. The Hall–Kier alpha value is -2.55. The smallest absolute Gasteiger partial charge is 0.241 e. The van der Waals surface area contributed by atoms with E-state index >= 15 is 0 Å². The first-order chi connectivity index (χ1) is 18.0. The molecule has 5 rings (SSSR count). The van der Waals surface area contributed by atoms with E-state index in [9.17, 15) is 14.4 Å². The number of amides is 2. The Morgan fingerprint density at radius 2 is 1.97 bits per heavy atom. The number of rotatable bonds is 6. The van der Waals surface area contributed by atoms with Crippen LogP contribution in [0.4, 0.5) is 0 Å². The second-order valence-electron chi connectivity index (χ2n) is 10.8. The predicted octanol–water partition coefficient (Wildman–Crippen LogP) is 3.00. The molecule has 3 unspecified atom stereocenters. The number of likely N-dealkylation sites (tertiary alicyclic amines) is 1. The van der Waals surface area contributed by atoms with Crippen LogP contribution in [0, 0.1) is 11.8 Å². The number of imide groups is 1. The highest BCUT2D eigenvalue weighted by Gasteiger charge is 2.46. The highest BCUT2D eigenvalue weighted by molar-refractivity contribution is 6.11. The summed E-state index contributed by atoms with van der Waals surface area (Å²) in [7, 11) is 1.50. The topological polar surface area (TPSA) is 94.7 Å². The number of nitrogens with one attached hydrogen (secondary N) is 2. The van der Waals surface area contributed by atoms with Crippen LogP contribution in [0.25, 0.3) is 10.9 Å². The summed E-state index contributed by atoms with van der Waals surface area (Å²) in [6.07, 6.45) is 5.96. The first-order valence-corrected chi connectivity index (χ1v) is 14.0. The lowest BCUT2D eigenvalue weighted by Crippen LogP contribution is -2.46. The first kappa shape index (κ1) is 26.1. The Kier molecular flexibility index (Phi) is 8.07. The Labute approximate surface area is 219 Å². The molecule has 0 aliphatic carbocycles. The van der Waals surface area contributed by atoms with Crippen LogP contribution < -0.4 is 5.32 Å². The number of ether oxygens (including phenoxy) is 1. The van der Waals surface area contributed by atoms with Crippen molar-refractivity contribution in [2.75, 3.05) is 46.4 Å². The maximum atomic E-state index is 13.5. The summed E-state index contributed by atoms with van der Waals surface area (Å²) in [6, 6.07) is 6.15. The van der Waals surface area contributed by atoms with Crippen molar-refractivity contribution in [3.05, 3.63) is 35.0 Å². The van der Waals surface area contributed by atoms with Crippen LogP contribution in [-0.2, 0) is 32.0 Å². The van der Waals surface area contributed by atoms with E-state index in [4.69, 9.17) is 4.74 Å². The van der Waals surface area contributed by atoms with Crippen LogP contribution >= 0.6 is 0 Å². The lowest BCUT2D eigenvalue weighted by molar-refractivity contribution is -0.146. The van der Waals surface area contributed by atoms with Crippen molar-refractivity contribution >= 4 is 28.5 Å². The number of ketones is 1. The van der Waals surface area contributed by atoms with Crippen molar-refractivity contribution in [2.24, 2.45) is 11.8 Å². The lowest BCUT2D eigenvalue weighted by Gasteiger charge is -2.31. The Morgan fingerprint density at radius 1 is 1.11 bits per heavy atom. The molecular weight excluding hydrogens is 468 g/mol. The van der Waals surface area contributed by atoms with Gasteiger partial charge in [-0.25, -0.2) is 0 Å². The third kappa shape index (κ3) is 5.38. The van der Waals surface area contributed by atoms with E-state index in [-0.39, 0.29) is 18.1 Å². The van der Waals surface area contributed by atoms with Crippen LogP contribution in [0.5, 0.6) is 0 Å². The molecule has 8 nitrogen and oxygen atoms in total. The SMILES string of the molecule is CCC1CC(=O)N(C)C(=O)C(C2NCCc3c2[nH]c2ccc(CCCN4CCCCOCC4)cc32)C1=O. The van der Waals surface area contributed by atoms with Gasteiger partial charge in [-0.15, -0.1) is 0 Å². The van der Waals surface area contributed by atoms with Gasteiger partial charge < -0.3 is 19.9 Å². The van der Waals surface area contributed by atoms with Gasteiger partial charge in [-0.2, -0.15) is 0 Å². The van der Waals surface area contributed by atoms with Crippen molar-refractivity contribution in [2.45, 2.75) is 57.9 Å². The van der Waals surface area contributed by atoms with Crippen molar-refractivity contribution in [1.82, 2.24) is 20.1 Å². The molecule has 1 aromatic carbocycles. The van der Waals surface area contributed by atoms with Crippen LogP contribution in [0.2, 0.25) is 0 Å². The van der Waals surface area contributed by atoms with Crippen LogP contribution in [-0.4, -0.2) is 78.8 Å². The van der Waals surface area contributed by atoms with Gasteiger partial charge in [0.25, 0.3) is 0 Å². The summed E-state index contributed by atoms with van der Waals surface area (Å²) in [5, 5.41) is 4.63. The molecule has 0 saturated carbocycles. The fraction of sp³-hybridized carbons (Fsp3) is 0.621. The molecular formula is C29H40N4O4. The first-order valence-electron chi connectivity index (χ1n) is 14.0. The van der Waals surface area contributed by atoms with Gasteiger partial charge in [-0.05, 0) is 81.4 Å². The molecule has 3 aliphatic rings. The summed E-state index contributed by atoms with van der Waals surface area (Å²) in [4.78, 5) is 46.5. The molecule has 2 aromatic rings. The second kappa shape index (κ2) is 11.5. The molecule has 37 heavy (non-hydrogen) atoms. The number of aromatic nitrogens is 1. The number of aromatic amines is 1. The normalized spacial score (nSPS) is 26.2. The van der Waals surface area contributed by atoms with Gasteiger partial charge in [-0.1, -0.05) is 13.0 Å². The van der Waals surface area contributed by atoms with Crippen LogP contribution in [0.3, 0.4) is 0 Å². The number of nitrogens with zero attached hydrogens (tertiary/aromatic N) is 2. The van der Waals surface area contributed by atoms with Gasteiger partial charge in [0.15, 0.2) is 5.78 Å². The molecule has 8 heteroatoms. The lowest BCUT2D eigenvalue weighted by atomic mass is 9.81. The molecule has 3 atom stereocenters. The maximum Gasteiger partial charge on any atom is 0.241 e. The summed E-state index contributed by atoms with van der Waals surface area (Å²) >= 11 is 0. The third-order valence-electron chi connectivity index (χ3n) is 8.49. The Balaban J connectivity index is 1.36. The highest BCUT2D eigenvalue weighted by atomic mass is 16.5. The molecule has 2 fully saturated rings. The standard InChI is InChI=1S/C29H40N4O4/c1-3-20-18-24(34)32(2)29(36)25(28(20)35)27-26-21(10-11-30-27)22-17-19(8-9-23(22)31-26)7-6-13-33-12-4-5-15-37-16-14-33/h8-9,17,20,25,27,30-31H,3-7,10-16,18H2,1-2H3. The fourth-order valence-electron chi connectivity index (χ4n) is 6.23. The van der Waals surface area contributed by atoms with Gasteiger partial charge in [-0.3, -0.25) is 19.3 Å². The third-order valence-corrected chi connectivity index (χ3v) is 8.49. The van der Waals surface area contributed by atoms with Crippen LogP contribution in [0.15, 0.2) is 18.2 Å². The predicted molar refractivity (Wildman–Crippen MR) is 142 cm³/mol. The number of hydrogen-bond donors (Lipinski definition) is 2. The van der Waals surface area contributed by atoms with E-state index < -0.39 is 23.8 Å². The van der Waals surface area contributed by atoms with E-state index in [0.29, 0.717) is 13.0 Å². The zero-order valence-electron chi connectivity index (χ0n) is 22.2. The second-order valence-corrected chi connectivity index (χ2v) is 10.8. The van der Waals surface area contributed by atoms with E-state index in [1.165, 1.54) is 30.0 Å². The monoisotopic (exact) mass is 508 g/mol. The fourth-order valence-corrected chi connectivity index (χ4v) is 6.23. The molecule has 2 N–H and O–H groups in total.